The maximum absolute atomic E-state index is 3.42. The second-order valence-corrected chi connectivity index (χ2v) is 1.22. The Hall–Kier alpha value is 0.232. The van der Waals surface area contributed by atoms with Gasteiger partial charge in [-0.2, -0.15) is 4.94 Å². The van der Waals surface area contributed by atoms with Crippen LogP contribution in [-0.2, 0) is 0 Å². The molecule has 0 saturated carbocycles. The first-order valence-corrected chi connectivity index (χ1v) is 2.14. The molecule has 24 valence electrons. The fourth-order valence-electron chi connectivity index (χ4n) is 0. The van der Waals surface area contributed by atoms with Gasteiger partial charge >= 0.3 is 0 Å². The molecule has 0 saturated heterocycles. The average Bonchev–Trinajstić information content (AvgIpc) is 0.918. The van der Waals surface area contributed by atoms with Crippen molar-refractivity contribution in [2.24, 2.45) is 0 Å². The smallest absolute Gasteiger partial charge is 0.245 e. The fourth-order valence-corrected chi connectivity index (χ4v) is 0. The number of hydrogen-bond acceptors (Lipinski definition) is 0. The van der Waals surface area contributed by atoms with Crippen LogP contribution in [0.1, 0.15) is 0 Å². The van der Waals surface area contributed by atoms with Crippen molar-refractivity contribution in [1.82, 2.24) is 0 Å². The minimum atomic E-state index is 0. The lowest BCUT2D eigenvalue weighted by molar-refractivity contribution is 0.824. The third kappa shape index (κ3) is 62.7. The van der Waals surface area contributed by atoms with E-state index in [0.29, 0.717) is 0 Å². The Morgan fingerprint density at radius 3 is 1.75 bits per heavy atom. The van der Waals surface area contributed by atoms with Crippen LogP contribution in [0, 0.1) is 0 Å². The van der Waals surface area contributed by atoms with Crippen molar-refractivity contribution >= 4 is 16.3 Å². The number of rotatable bonds is 0. The van der Waals surface area contributed by atoms with E-state index in [1.54, 1.807) is 0 Å². The zero-order chi connectivity index (χ0) is 2.71. The van der Waals surface area contributed by atoms with Crippen molar-refractivity contribution in [3.8, 4) is 0 Å². The van der Waals surface area contributed by atoms with E-state index in [1.807, 2.05) is 4.94 Å². The molecule has 0 aromatic carbocycles. The zero-order valence-corrected chi connectivity index (χ0v) is 4.78. The van der Waals surface area contributed by atoms with Crippen LogP contribution in [0.2, 0.25) is 0 Å². The van der Waals surface area contributed by atoms with Gasteiger partial charge in [-0.1, -0.05) is 0 Å². The highest BCUT2D eigenvalue weighted by Crippen LogP contribution is 1.24. The minimum Gasteiger partial charge on any atom is -0.412 e. The van der Waals surface area contributed by atoms with Gasteiger partial charge in [0.1, 0.15) is 0 Å². The third-order valence-corrected chi connectivity index (χ3v) is 0. The molecule has 0 heterocycles. The third-order valence-electron chi connectivity index (χ3n) is 0. The van der Waals surface area contributed by atoms with E-state index in [0.717, 1.165) is 16.3 Å². The molecule has 0 radical (unpaired) electrons. The average molecular weight is 74.1 g/mol. The molecule has 0 aromatic heterocycles. The molecule has 0 aliphatic heterocycles. The molecule has 0 aliphatic rings. The van der Waals surface area contributed by atoms with Gasteiger partial charge in [0.05, 0.1) is 0 Å². The molecule has 4 heavy (non-hydrogen) atoms. The second kappa shape index (κ2) is 10.6. The quantitative estimate of drug-likeness (QED) is 0.328. The molecule has 1 nitrogen and oxygen atoms in total. The summed E-state index contributed by atoms with van der Waals surface area (Å²) < 4.78 is 0. The Labute approximate surface area is 34.1 Å². The summed E-state index contributed by atoms with van der Waals surface area (Å²) in [7, 11) is 0. The summed E-state index contributed by atoms with van der Waals surface area (Å²) in [5, 5.41) is 0. The highest BCUT2D eigenvalue weighted by Gasteiger charge is 1.23. The van der Waals surface area contributed by atoms with Crippen molar-refractivity contribution in [2.75, 3.05) is 0 Å². The molecule has 0 fully saturated rings. The van der Waals surface area contributed by atoms with Crippen LogP contribution >= 0.6 is 0 Å². The van der Waals surface area contributed by atoms with Crippen LogP contribution in [0.4, 0.5) is 0 Å². The molecule has 0 aromatic rings. The summed E-state index contributed by atoms with van der Waals surface area (Å²) in [5.41, 5.74) is 0. The van der Waals surface area contributed by atoms with Crippen molar-refractivity contribution in [2.45, 2.75) is 0 Å². The van der Waals surface area contributed by atoms with Crippen molar-refractivity contribution in [3.05, 3.63) is 11.5 Å². The van der Waals surface area contributed by atoms with Crippen molar-refractivity contribution < 1.29 is 5.48 Å². The molecule has 2 N–H and O–H groups in total. The normalized spacial score (nSPS) is 3.00. The lowest BCUT2D eigenvalue weighted by Crippen LogP contribution is -1.29. The largest absolute Gasteiger partial charge is 0.412 e. The molecular formula is C2H7AlO. The van der Waals surface area contributed by atoms with E-state index in [9.17, 15) is 0 Å². The van der Waals surface area contributed by atoms with Crippen LogP contribution < -0.4 is 0 Å². The van der Waals surface area contributed by atoms with Gasteiger partial charge in [0, 0.05) is 0 Å². The van der Waals surface area contributed by atoms with Crippen molar-refractivity contribution in [3.63, 3.8) is 0 Å². The van der Waals surface area contributed by atoms with Crippen LogP contribution in [0.3, 0.4) is 0 Å². The number of hydrogen-bond donors (Lipinski definition) is 0. The predicted octanol–water partition coefficient (Wildman–Crippen LogP) is -1.06. The van der Waals surface area contributed by atoms with Gasteiger partial charge < -0.3 is 5.48 Å². The zero-order valence-electron chi connectivity index (χ0n) is 2.78. The van der Waals surface area contributed by atoms with E-state index in [1.165, 1.54) is 0 Å². The van der Waals surface area contributed by atoms with Crippen molar-refractivity contribution in [1.29, 1.82) is 0 Å². The first-order valence-electron chi connectivity index (χ1n) is 0.986. The molecule has 0 rings (SSSR count). The van der Waals surface area contributed by atoms with Gasteiger partial charge in [-0.05, 0) is 0 Å². The molecule has 0 unspecified atom stereocenters. The molecule has 0 amide bonds. The summed E-state index contributed by atoms with van der Waals surface area (Å²) in [6.45, 7) is 3.42. The Morgan fingerprint density at radius 1 is 1.75 bits per heavy atom. The lowest BCUT2D eigenvalue weighted by Gasteiger charge is -1.26. The second-order valence-electron chi connectivity index (χ2n) is 0.408. The van der Waals surface area contributed by atoms with Gasteiger partial charge in [-0.15, -0.1) is 6.58 Å². The van der Waals surface area contributed by atoms with Gasteiger partial charge in [-0.25, -0.2) is 0 Å². The maximum Gasteiger partial charge on any atom is 0.245 e. The molecule has 0 bridgehead atoms. The fraction of sp³-hybridized carbons (Fsp3) is 0. The van der Waals surface area contributed by atoms with Crippen LogP contribution in [0.15, 0.2) is 11.5 Å². The van der Waals surface area contributed by atoms with E-state index in [-0.39, 0.29) is 5.48 Å². The summed E-state index contributed by atoms with van der Waals surface area (Å²) in [5.74, 6) is 0. The summed E-state index contributed by atoms with van der Waals surface area (Å²) in [6, 6.07) is 0. The molecular weight excluding hydrogens is 67.0 g/mol. The Bertz CT molecular complexity index is 13.5. The monoisotopic (exact) mass is 74.0 g/mol. The standard InChI is InChI=1S/C2H3.Al.H2O.2H/c1-2;;;;/h1H,2H2;;1H2;;. The maximum atomic E-state index is 3.42. The SMILES string of the molecule is C=[CH][AlH2].O. The first kappa shape index (κ1) is 8.87. The Kier molecular flexibility index (Phi) is 23.5. The Morgan fingerprint density at radius 2 is 1.75 bits per heavy atom. The van der Waals surface area contributed by atoms with Gasteiger partial charge in [0.2, 0.25) is 16.3 Å². The highest BCUT2D eigenvalue weighted by atomic mass is 27.0. The van der Waals surface area contributed by atoms with E-state index < -0.39 is 0 Å². The van der Waals surface area contributed by atoms with E-state index >= 15 is 0 Å². The minimum absolute atomic E-state index is 0. The van der Waals surface area contributed by atoms with Crippen LogP contribution in [0.5, 0.6) is 0 Å². The molecule has 0 spiro atoms. The molecule has 0 atom stereocenters. The van der Waals surface area contributed by atoms with Crippen LogP contribution in [0.25, 0.3) is 0 Å². The van der Waals surface area contributed by atoms with E-state index in [4.69, 9.17) is 0 Å². The van der Waals surface area contributed by atoms with E-state index in [2.05, 4.69) is 6.58 Å². The highest BCUT2D eigenvalue weighted by molar-refractivity contribution is 6.16. The Balaban J connectivity index is 0. The van der Waals surface area contributed by atoms with Gasteiger partial charge in [-0.3, -0.25) is 0 Å². The van der Waals surface area contributed by atoms with Gasteiger partial charge in [0.15, 0.2) is 0 Å². The lowest BCUT2D eigenvalue weighted by atomic mass is 11.3. The van der Waals surface area contributed by atoms with Crippen LogP contribution in [-0.4, -0.2) is 21.8 Å². The summed E-state index contributed by atoms with van der Waals surface area (Å²) in [6.07, 6.45) is 0. The summed E-state index contributed by atoms with van der Waals surface area (Å²) in [4.78, 5) is 1.89. The topological polar surface area (TPSA) is 31.5 Å². The predicted molar refractivity (Wildman–Crippen MR) is 22.4 cm³/mol. The first-order chi connectivity index (χ1) is 1.41. The molecule has 2 heteroatoms. The van der Waals surface area contributed by atoms with Gasteiger partial charge in [0.25, 0.3) is 0 Å². The summed E-state index contributed by atoms with van der Waals surface area (Å²) >= 11 is 1.13. The molecule has 0 aliphatic carbocycles.